The fourth-order valence-electron chi connectivity index (χ4n) is 0.621. The average molecular weight is 186 g/mol. The largest absolute Gasteiger partial charge is 0.504 e. The molecule has 0 aromatic carbocycles. The Hall–Kier alpha value is -1.32. The van der Waals surface area contributed by atoms with Crippen molar-refractivity contribution in [2.24, 2.45) is 0 Å². The lowest BCUT2D eigenvalue weighted by molar-refractivity contribution is 0.468. The Bertz CT molecular complexity index is 253. The minimum absolute atomic E-state index is 0.178. The fraction of sp³-hybridized carbons (Fsp3) is 0.444. The van der Waals surface area contributed by atoms with Gasteiger partial charge in [-0.3, -0.25) is 0 Å². The zero-order valence-electron chi connectivity index (χ0n) is 8.13. The van der Waals surface area contributed by atoms with E-state index in [9.17, 15) is 4.39 Å². The molecule has 0 saturated heterocycles. The molecule has 13 heavy (non-hydrogen) atoms. The molecule has 74 valence electrons. The summed E-state index contributed by atoms with van der Waals surface area (Å²) in [6.45, 7) is 4.25. The van der Waals surface area contributed by atoms with E-state index in [1.807, 2.05) is 0 Å². The second kappa shape index (κ2) is 6.22. The number of aromatic hydroxyl groups is 1. The number of hydrogen-bond acceptors (Lipinski definition) is 3. The predicted molar refractivity (Wildman–Crippen MR) is 51.4 cm³/mol. The van der Waals surface area contributed by atoms with Crippen molar-refractivity contribution in [3.8, 4) is 5.75 Å². The first-order chi connectivity index (χ1) is 6.15. The highest BCUT2D eigenvalue weighted by Gasteiger charge is 1.99. The molecule has 0 radical (unpaired) electrons. The van der Waals surface area contributed by atoms with E-state index in [0.29, 0.717) is 0 Å². The summed E-state index contributed by atoms with van der Waals surface area (Å²) in [6, 6.07) is 0.999. The molecular formula is C9H15FN2O. The van der Waals surface area contributed by atoms with Gasteiger partial charge in [-0.05, 0) is 0 Å². The third-order valence-electron chi connectivity index (χ3n) is 1.07. The van der Waals surface area contributed by atoms with Crippen molar-refractivity contribution >= 4 is 5.82 Å². The molecule has 0 saturated carbocycles. The third-order valence-corrected chi connectivity index (χ3v) is 1.07. The maximum absolute atomic E-state index is 12.2. The van der Waals surface area contributed by atoms with Crippen LogP contribution in [0, 0.1) is 5.82 Å². The van der Waals surface area contributed by atoms with Gasteiger partial charge in [-0.15, -0.1) is 0 Å². The Kier molecular flexibility index (Phi) is 5.59. The van der Waals surface area contributed by atoms with Crippen LogP contribution in [-0.2, 0) is 0 Å². The van der Waals surface area contributed by atoms with E-state index in [-0.39, 0.29) is 11.6 Å². The van der Waals surface area contributed by atoms with Crippen LogP contribution in [0.25, 0.3) is 0 Å². The van der Waals surface area contributed by atoms with E-state index in [1.54, 1.807) is 7.05 Å². The van der Waals surface area contributed by atoms with E-state index in [4.69, 9.17) is 5.11 Å². The van der Waals surface area contributed by atoms with Crippen LogP contribution in [0.15, 0.2) is 12.3 Å². The minimum atomic E-state index is -0.545. The molecule has 0 aliphatic carbocycles. The van der Waals surface area contributed by atoms with Crippen molar-refractivity contribution in [2.45, 2.75) is 20.3 Å². The van der Waals surface area contributed by atoms with Crippen LogP contribution >= 0.6 is 0 Å². The second-order valence-corrected chi connectivity index (χ2v) is 2.48. The van der Waals surface area contributed by atoms with Gasteiger partial charge in [0.25, 0.3) is 0 Å². The van der Waals surface area contributed by atoms with Crippen LogP contribution in [0.5, 0.6) is 5.75 Å². The van der Waals surface area contributed by atoms with E-state index in [1.165, 1.54) is 6.42 Å². The topological polar surface area (TPSA) is 45.2 Å². The standard InChI is InChI=1S/C6H7FN2O.C3H8/c1-8-6-5(10)2-4(7)3-9-6;1-3-2/h2-3,10H,1H3,(H,8,9);3H2,1-2H3. The molecule has 0 bridgehead atoms. The Balaban J connectivity index is 0.000000424. The number of anilines is 1. The summed E-state index contributed by atoms with van der Waals surface area (Å²) >= 11 is 0. The SMILES string of the molecule is CCC.CNc1ncc(F)cc1O. The second-order valence-electron chi connectivity index (χ2n) is 2.48. The Labute approximate surface area is 77.6 Å². The lowest BCUT2D eigenvalue weighted by Crippen LogP contribution is -1.92. The lowest BCUT2D eigenvalue weighted by atomic mass is 10.4. The third kappa shape index (κ3) is 4.30. The van der Waals surface area contributed by atoms with Crippen molar-refractivity contribution in [1.82, 2.24) is 4.98 Å². The number of rotatable bonds is 1. The van der Waals surface area contributed by atoms with E-state index < -0.39 is 5.82 Å². The molecule has 0 fully saturated rings. The van der Waals surface area contributed by atoms with Crippen LogP contribution in [-0.4, -0.2) is 17.1 Å². The van der Waals surface area contributed by atoms with Crippen LogP contribution in [0.1, 0.15) is 20.3 Å². The molecule has 1 aromatic rings. The zero-order chi connectivity index (χ0) is 10.3. The van der Waals surface area contributed by atoms with Crippen LogP contribution in [0.4, 0.5) is 10.2 Å². The monoisotopic (exact) mass is 186 g/mol. The predicted octanol–water partition coefficient (Wildman–Crippen LogP) is 2.38. The van der Waals surface area contributed by atoms with Crippen molar-refractivity contribution in [2.75, 3.05) is 12.4 Å². The van der Waals surface area contributed by atoms with Gasteiger partial charge in [0.1, 0.15) is 5.82 Å². The summed E-state index contributed by atoms with van der Waals surface area (Å²) in [4.78, 5) is 3.56. The van der Waals surface area contributed by atoms with Gasteiger partial charge >= 0.3 is 0 Å². The molecule has 0 aliphatic heterocycles. The molecule has 0 atom stereocenters. The molecule has 0 aliphatic rings. The first-order valence-electron chi connectivity index (χ1n) is 4.17. The zero-order valence-corrected chi connectivity index (χ0v) is 8.13. The Morgan fingerprint density at radius 3 is 2.46 bits per heavy atom. The lowest BCUT2D eigenvalue weighted by Gasteiger charge is -1.99. The molecule has 1 heterocycles. The highest BCUT2D eigenvalue weighted by molar-refractivity contribution is 5.47. The van der Waals surface area contributed by atoms with Crippen LogP contribution in [0.3, 0.4) is 0 Å². The Morgan fingerprint density at radius 2 is 2.08 bits per heavy atom. The highest BCUT2D eigenvalue weighted by Crippen LogP contribution is 2.18. The normalized spacial score (nSPS) is 8.62. The first-order valence-corrected chi connectivity index (χ1v) is 4.17. The number of pyridine rings is 1. The number of nitrogens with zero attached hydrogens (tertiary/aromatic N) is 1. The summed E-state index contributed by atoms with van der Waals surface area (Å²) in [7, 11) is 1.60. The van der Waals surface area contributed by atoms with Crippen molar-refractivity contribution in [3.05, 3.63) is 18.1 Å². The van der Waals surface area contributed by atoms with Crippen molar-refractivity contribution in [1.29, 1.82) is 0 Å². The van der Waals surface area contributed by atoms with Gasteiger partial charge in [0.05, 0.1) is 6.20 Å². The summed E-state index contributed by atoms with van der Waals surface area (Å²) in [6.07, 6.45) is 2.28. The molecular weight excluding hydrogens is 171 g/mol. The summed E-state index contributed by atoms with van der Waals surface area (Å²) in [5.41, 5.74) is 0. The number of hydrogen-bond donors (Lipinski definition) is 2. The number of aromatic nitrogens is 1. The highest BCUT2D eigenvalue weighted by atomic mass is 19.1. The quantitative estimate of drug-likeness (QED) is 0.707. The van der Waals surface area contributed by atoms with Crippen molar-refractivity contribution < 1.29 is 9.50 Å². The molecule has 3 nitrogen and oxygen atoms in total. The van der Waals surface area contributed by atoms with Crippen LogP contribution < -0.4 is 5.32 Å². The fourth-order valence-corrected chi connectivity index (χ4v) is 0.621. The van der Waals surface area contributed by atoms with Gasteiger partial charge in [0, 0.05) is 13.1 Å². The Morgan fingerprint density at radius 1 is 1.54 bits per heavy atom. The first kappa shape index (κ1) is 11.7. The molecule has 0 unspecified atom stereocenters. The minimum Gasteiger partial charge on any atom is -0.504 e. The smallest absolute Gasteiger partial charge is 0.168 e. The molecule has 0 spiro atoms. The molecule has 1 rings (SSSR count). The van der Waals surface area contributed by atoms with Gasteiger partial charge in [-0.2, -0.15) is 0 Å². The molecule has 1 aromatic heterocycles. The molecule has 4 heteroatoms. The van der Waals surface area contributed by atoms with Crippen LogP contribution in [0.2, 0.25) is 0 Å². The van der Waals surface area contributed by atoms with E-state index >= 15 is 0 Å². The molecule has 0 amide bonds. The number of nitrogens with one attached hydrogen (secondary N) is 1. The number of halogens is 1. The van der Waals surface area contributed by atoms with E-state index in [2.05, 4.69) is 24.1 Å². The van der Waals surface area contributed by atoms with Gasteiger partial charge < -0.3 is 10.4 Å². The molecule has 2 N–H and O–H groups in total. The summed E-state index contributed by atoms with van der Waals surface area (Å²) in [5.74, 6) is -0.444. The maximum Gasteiger partial charge on any atom is 0.168 e. The van der Waals surface area contributed by atoms with Gasteiger partial charge in [-0.1, -0.05) is 20.3 Å². The average Bonchev–Trinajstić information content (AvgIpc) is 2.06. The summed E-state index contributed by atoms with van der Waals surface area (Å²) in [5, 5.41) is 11.5. The van der Waals surface area contributed by atoms with E-state index in [0.717, 1.165) is 12.3 Å². The summed E-state index contributed by atoms with van der Waals surface area (Å²) < 4.78 is 12.2. The maximum atomic E-state index is 12.2. The van der Waals surface area contributed by atoms with Gasteiger partial charge in [0.15, 0.2) is 11.6 Å². The van der Waals surface area contributed by atoms with Gasteiger partial charge in [0.2, 0.25) is 0 Å². The van der Waals surface area contributed by atoms with Crippen molar-refractivity contribution in [3.63, 3.8) is 0 Å². The van der Waals surface area contributed by atoms with Gasteiger partial charge in [-0.25, -0.2) is 9.37 Å².